The molecule has 0 nitrogen and oxygen atoms in total. The SMILES string of the molecule is CP(C(c1ccccc1)=P(c1ccccc1)(c1ccccc1)c1ccccc1)P(=CP(c1ccccc1)c1ccccc1)(c1ccccc1)c1ccccc1. The van der Waals surface area contributed by atoms with Crippen molar-refractivity contribution < 1.29 is 0 Å². The molecule has 0 aliphatic rings. The van der Waals surface area contributed by atoms with E-state index < -0.39 is 29.0 Å². The standard InChI is InChI=1S/C51H44P4/c1-52(51(43-26-10-2-11-27-43)55(48-36-20-7-21-37-48,49-38-22-8-23-39-49)50-40-24-9-25-41-50)54(46-32-16-5-17-33-46,47-34-18-6-19-35-47)42-53(44-28-12-3-13-29-44)45-30-14-4-15-31-45/h2-42H,1H3. The maximum absolute atomic E-state index is 2.89. The molecule has 0 saturated heterocycles. The van der Waals surface area contributed by atoms with Crippen molar-refractivity contribution in [1.29, 1.82) is 0 Å². The molecule has 0 fully saturated rings. The minimum Gasteiger partial charge on any atom is -0.0622 e. The van der Waals surface area contributed by atoms with E-state index in [0.29, 0.717) is 0 Å². The second-order valence-corrected chi connectivity index (χ2v) is 27.4. The molecule has 0 N–H and O–H groups in total. The molecular weight excluding hydrogens is 736 g/mol. The van der Waals surface area contributed by atoms with E-state index in [-0.39, 0.29) is 0 Å². The van der Waals surface area contributed by atoms with Gasteiger partial charge in [-0.3, -0.25) is 0 Å². The summed E-state index contributed by atoms with van der Waals surface area (Å²) in [6.07, 6.45) is 0. The molecule has 8 aromatic rings. The van der Waals surface area contributed by atoms with E-state index in [4.69, 9.17) is 0 Å². The highest BCUT2D eigenvalue weighted by molar-refractivity contribution is 8.53. The van der Waals surface area contributed by atoms with Gasteiger partial charge in [0.05, 0.1) is 0 Å². The molecule has 0 aliphatic carbocycles. The lowest BCUT2D eigenvalue weighted by Gasteiger charge is -2.42. The molecule has 8 aromatic carbocycles. The Balaban J connectivity index is 1.64. The third-order valence-electron chi connectivity index (χ3n) is 10.2. The van der Waals surface area contributed by atoms with Crippen LogP contribution in [-0.4, -0.2) is 17.2 Å². The predicted octanol–water partition coefficient (Wildman–Crippen LogP) is 10.7. The van der Waals surface area contributed by atoms with Crippen LogP contribution < -0.4 is 37.1 Å². The molecule has 55 heavy (non-hydrogen) atoms. The van der Waals surface area contributed by atoms with Gasteiger partial charge in [-0.25, -0.2) is 0 Å². The molecule has 0 radical (unpaired) electrons. The van der Waals surface area contributed by atoms with Crippen LogP contribution in [0.1, 0.15) is 5.56 Å². The minimum absolute atomic E-state index is 0.871. The lowest BCUT2D eigenvalue weighted by Crippen LogP contribution is -2.31. The molecule has 8 rings (SSSR count). The lowest BCUT2D eigenvalue weighted by atomic mass is 10.2. The molecule has 1 unspecified atom stereocenters. The minimum atomic E-state index is -2.51. The van der Waals surface area contributed by atoms with Crippen molar-refractivity contribution in [3.8, 4) is 0 Å². The van der Waals surface area contributed by atoms with E-state index in [9.17, 15) is 0 Å². The fourth-order valence-electron chi connectivity index (χ4n) is 7.75. The van der Waals surface area contributed by atoms with Gasteiger partial charge in [-0.05, 0) is 88.9 Å². The highest BCUT2D eigenvalue weighted by Gasteiger charge is 2.40. The summed E-state index contributed by atoms with van der Waals surface area (Å²) in [5.74, 6) is 0. The van der Waals surface area contributed by atoms with Gasteiger partial charge in [0.15, 0.2) is 0 Å². The summed E-state index contributed by atoms with van der Waals surface area (Å²) >= 11 is 0. The van der Waals surface area contributed by atoms with Crippen molar-refractivity contribution in [2.45, 2.75) is 0 Å². The van der Waals surface area contributed by atoms with E-state index in [1.54, 1.807) is 5.03 Å². The van der Waals surface area contributed by atoms with Gasteiger partial charge in [0.1, 0.15) is 0 Å². The van der Waals surface area contributed by atoms with Crippen LogP contribution in [-0.2, 0) is 0 Å². The van der Waals surface area contributed by atoms with Gasteiger partial charge in [0, 0.05) is 0 Å². The third-order valence-corrected chi connectivity index (χ3v) is 30.3. The molecule has 0 aliphatic heterocycles. The summed E-state index contributed by atoms with van der Waals surface area (Å²) in [7, 11) is -1.83. The van der Waals surface area contributed by atoms with E-state index in [1.807, 2.05) is 0 Å². The zero-order chi connectivity index (χ0) is 37.3. The largest absolute Gasteiger partial charge is 0.0622 e. The molecule has 0 spiro atoms. The van der Waals surface area contributed by atoms with E-state index in [1.165, 1.54) is 42.7 Å². The Bertz CT molecular complexity index is 2340. The topological polar surface area (TPSA) is 0 Å². The Hall–Kier alpha value is -4.78. The highest BCUT2D eigenvalue weighted by Crippen LogP contribution is 2.78. The molecular formula is C51H44P4. The van der Waals surface area contributed by atoms with Crippen molar-refractivity contribution in [2.75, 3.05) is 6.66 Å². The first kappa shape index (κ1) is 37.2. The first-order valence-electron chi connectivity index (χ1n) is 18.7. The van der Waals surface area contributed by atoms with Crippen molar-refractivity contribution in [1.82, 2.24) is 0 Å². The van der Waals surface area contributed by atoms with Crippen molar-refractivity contribution in [3.63, 3.8) is 0 Å². The third kappa shape index (κ3) is 7.35. The maximum Gasteiger partial charge on any atom is -0.00212 e. The van der Waals surface area contributed by atoms with E-state index in [2.05, 4.69) is 255 Å². The van der Waals surface area contributed by atoms with Gasteiger partial charge in [-0.15, -0.1) is 0 Å². The zero-order valence-electron chi connectivity index (χ0n) is 31.0. The Kier molecular flexibility index (Phi) is 11.7. The van der Waals surface area contributed by atoms with Crippen LogP contribution in [0.15, 0.2) is 243 Å². The Morgan fingerprint density at radius 3 is 0.945 bits per heavy atom. The highest BCUT2D eigenvalue weighted by atomic mass is 32.1. The summed E-state index contributed by atoms with van der Waals surface area (Å²) < 4.78 is 0. The average Bonchev–Trinajstić information content (AvgIpc) is 3.28. The monoisotopic (exact) mass is 780 g/mol. The van der Waals surface area contributed by atoms with Crippen LogP contribution in [0.4, 0.5) is 0 Å². The lowest BCUT2D eigenvalue weighted by molar-refractivity contribution is 1.68. The van der Waals surface area contributed by atoms with E-state index in [0.717, 1.165) is 0 Å². The van der Waals surface area contributed by atoms with Crippen LogP contribution in [0.3, 0.4) is 0 Å². The van der Waals surface area contributed by atoms with Crippen molar-refractivity contribution in [3.05, 3.63) is 248 Å². The van der Waals surface area contributed by atoms with E-state index >= 15 is 0 Å². The van der Waals surface area contributed by atoms with Crippen molar-refractivity contribution in [2.24, 2.45) is 0 Å². The number of benzene rings is 8. The molecule has 0 saturated carbocycles. The Morgan fingerprint density at radius 2 is 0.618 bits per heavy atom. The Labute approximate surface area is 330 Å². The molecule has 0 heterocycles. The number of hydrogen-bond acceptors (Lipinski definition) is 0. The normalized spacial score (nSPS) is 12.2. The molecule has 268 valence electrons. The quantitative estimate of drug-likeness (QED) is 0.115. The first-order chi connectivity index (χ1) is 27.2. The fourth-order valence-corrected chi connectivity index (χ4v) is 31.9. The summed E-state index contributed by atoms with van der Waals surface area (Å²) in [6, 6.07) is 91.3. The van der Waals surface area contributed by atoms with Gasteiger partial charge in [0.2, 0.25) is 0 Å². The van der Waals surface area contributed by atoms with Crippen LogP contribution in [0.25, 0.3) is 0 Å². The molecule has 0 amide bonds. The van der Waals surface area contributed by atoms with Gasteiger partial charge in [0.25, 0.3) is 0 Å². The molecule has 0 bridgehead atoms. The fraction of sp³-hybridized carbons (Fsp3) is 0.0196. The molecule has 0 aromatic heterocycles. The number of hydrogen-bond donors (Lipinski definition) is 0. The second-order valence-electron chi connectivity index (χ2n) is 13.4. The van der Waals surface area contributed by atoms with Crippen LogP contribution in [0.5, 0.6) is 0 Å². The smallest absolute Gasteiger partial charge is 0.00212 e. The summed E-state index contributed by atoms with van der Waals surface area (Å²) in [6.45, 7) is -2.27. The average molecular weight is 781 g/mol. The van der Waals surface area contributed by atoms with Gasteiger partial charge in [-0.2, -0.15) is 0 Å². The number of rotatable bonds is 11. The Morgan fingerprint density at radius 1 is 0.345 bits per heavy atom. The molecule has 1 atom stereocenters. The zero-order valence-corrected chi connectivity index (χ0v) is 34.5. The maximum atomic E-state index is 2.89. The van der Waals surface area contributed by atoms with Gasteiger partial charge >= 0.3 is 0 Å². The van der Waals surface area contributed by atoms with Gasteiger partial charge in [-0.1, -0.05) is 243 Å². The van der Waals surface area contributed by atoms with Gasteiger partial charge < -0.3 is 0 Å². The summed E-state index contributed by atoms with van der Waals surface area (Å²) in [5.41, 5.74) is 4.22. The summed E-state index contributed by atoms with van der Waals surface area (Å²) in [4.78, 5) is 0. The predicted molar refractivity (Wildman–Crippen MR) is 253 cm³/mol. The van der Waals surface area contributed by atoms with Crippen LogP contribution in [0, 0.1) is 0 Å². The van der Waals surface area contributed by atoms with Crippen LogP contribution >= 0.6 is 29.0 Å². The summed E-state index contributed by atoms with van der Waals surface area (Å²) in [5, 5.41) is 11.3. The first-order valence-corrected chi connectivity index (χ1v) is 26.3. The van der Waals surface area contributed by atoms with Crippen molar-refractivity contribution >= 4 is 76.7 Å². The van der Waals surface area contributed by atoms with Crippen LogP contribution in [0.2, 0.25) is 0 Å². The molecule has 4 heteroatoms. The second kappa shape index (κ2) is 17.3.